The van der Waals surface area contributed by atoms with E-state index in [0.717, 1.165) is 12.8 Å². The second-order valence-corrected chi connectivity index (χ2v) is 7.16. The zero-order valence-electron chi connectivity index (χ0n) is 18.2. The maximum atomic E-state index is 13.0. The number of likely N-dealkylation sites (tertiary alicyclic amines) is 1. The molecule has 1 aliphatic heterocycles. The number of rotatable bonds is 8. The number of hydrogen-bond acceptors (Lipinski definition) is 6. The molecule has 0 saturated carbocycles. The summed E-state index contributed by atoms with van der Waals surface area (Å²) in [6.07, 6.45) is 1.57. The van der Waals surface area contributed by atoms with Crippen molar-refractivity contribution in [3.8, 4) is 17.2 Å². The lowest BCUT2D eigenvalue weighted by Gasteiger charge is -2.27. The molecule has 1 N–H and O–H groups in total. The summed E-state index contributed by atoms with van der Waals surface area (Å²) >= 11 is 0. The number of unbranched alkanes of at least 4 members (excludes halogenated alkanes) is 1. The highest BCUT2D eigenvalue weighted by atomic mass is 16.5. The zero-order chi connectivity index (χ0) is 22.5. The molecule has 0 aliphatic carbocycles. The normalized spacial score (nSPS) is 17.7. The zero-order valence-corrected chi connectivity index (χ0v) is 18.2. The third-order valence-electron chi connectivity index (χ3n) is 5.38. The summed E-state index contributed by atoms with van der Waals surface area (Å²) < 4.78 is 16.1. The first-order valence-electron chi connectivity index (χ1n) is 10.1. The van der Waals surface area contributed by atoms with Crippen LogP contribution >= 0.6 is 0 Å². The molecule has 1 saturated heterocycles. The molecule has 1 unspecified atom stereocenters. The Kier molecular flexibility index (Phi) is 6.84. The third kappa shape index (κ3) is 4.08. The second kappa shape index (κ2) is 9.55. The number of carbonyl (C=O) groups excluding carboxylic acids is 2. The second-order valence-electron chi connectivity index (χ2n) is 7.16. The highest BCUT2D eigenvalue weighted by Crippen LogP contribution is 2.45. The van der Waals surface area contributed by atoms with E-state index in [1.54, 1.807) is 49.6 Å². The van der Waals surface area contributed by atoms with Gasteiger partial charge in [0.2, 0.25) is 0 Å². The number of para-hydroxylation sites is 1. The number of aliphatic hydroxyl groups excluding tert-OH is 1. The molecule has 1 atom stereocenters. The molecule has 1 heterocycles. The minimum Gasteiger partial charge on any atom is -0.507 e. The van der Waals surface area contributed by atoms with Gasteiger partial charge in [0, 0.05) is 17.7 Å². The number of nitrogens with zero attached hydrogens (tertiary/aromatic N) is 1. The lowest BCUT2D eigenvalue weighted by atomic mass is 9.94. The molecule has 0 aromatic heterocycles. The first kappa shape index (κ1) is 22.2. The van der Waals surface area contributed by atoms with E-state index in [9.17, 15) is 14.7 Å². The van der Waals surface area contributed by atoms with Crippen molar-refractivity contribution in [2.75, 3.05) is 27.9 Å². The first-order chi connectivity index (χ1) is 15.0. The molecule has 3 rings (SSSR count). The molecule has 7 nitrogen and oxygen atoms in total. The topological polar surface area (TPSA) is 85.3 Å². The molecule has 1 aliphatic rings. The molecule has 164 valence electrons. The van der Waals surface area contributed by atoms with E-state index >= 15 is 0 Å². The molecule has 2 aromatic carbocycles. The molecule has 0 spiro atoms. The van der Waals surface area contributed by atoms with Gasteiger partial charge in [-0.25, -0.2) is 0 Å². The van der Waals surface area contributed by atoms with Gasteiger partial charge in [-0.05, 0) is 36.8 Å². The fourth-order valence-corrected chi connectivity index (χ4v) is 3.79. The Morgan fingerprint density at radius 2 is 1.71 bits per heavy atom. The Balaban J connectivity index is 2.22. The van der Waals surface area contributed by atoms with Crippen LogP contribution < -0.4 is 14.2 Å². The number of ketones is 1. The van der Waals surface area contributed by atoms with Crippen LogP contribution in [0.15, 0.2) is 48.0 Å². The SMILES string of the molecule is CCCCN1C(=O)C(=O)/C(=C(/O)c2ccc(OC)cc2)C1c1cccc(OC)c1OC. The van der Waals surface area contributed by atoms with Gasteiger partial charge in [-0.15, -0.1) is 0 Å². The number of aliphatic hydroxyl groups is 1. The Morgan fingerprint density at radius 1 is 1.00 bits per heavy atom. The van der Waals surface area contributed by atoms with E-state index in [2.05, 4.69) is 0 Å². The van der Waals surface area contributed by atoms with Crippen LogP contribution in [-0.2, 0) is 9.59 Å². The largest absolute Gasteiger partial charge is 0.507 e. The predicted molar refractivity (Wildman–Crippen MR) is 116 cm³/mol. The van der Waals surface area contributed by atoms with Gasteiger partial charge < -0.3 is 24.2 Å². The number of ether oxygens (including phenoxy) is 3. The average molecular weight is 425 g/mol. The van der Waals surface area contributed by atoms with E-state index in [4.69, 9.17) is 14.2 Å². The molecule has 0 bridgehead atoms. The van der Waals surface area contributed by atoms with Gasteiger partial charge in [-0.2, -0.15) is 0 Å². The molecule has 0 radical (unpaired) electrons. The van der Waals surface area contributed by atoms with Gasteiger partial charge >= 0.3 is 0 Å². The summed E-state index contributed by atoms with van der Waals surface area (Å²) in [6, 6.07) is 11.2. The molecule has 7 heteroatoms. The van der Waals surface area contributed by atoms with Crippen LogP contribution in [-0.4, -0.2) is 49.6 Å². The average Bonchev–Trinajstić information content (AvgIpc) is 3.06. The Hall–Kier alpha value is -3.48. The lowest BCUT2D eigenvalue weighted by Crippen LogP contribution is -2.30. The minimum atomic E-state index is -0.793. The minimum absolute atomic E-state index is 0.0258. The van der Waals surface area contributed by atoms with Crippen LogP contribution in [0.3, 0.4) is 0 Å². The van der Waals surface area contributed by atoms with Gasteiger partial charge in [0.25, 0.3) is 11.7 Å². The van der Waals surface area contributed by atoms with E-state index in [1.165, 1.54) is 19.1 Å². The van der Waals surface area contributed by atoms with E-state index < -0.39 is 17.7 Å². The number of carbonyl (C=O) groups is 2. The van der Waals surface area contributed by atoms with Gasteiger partial charge in [-0.1, -0.05) is 25.5 Å². The summed E-state index contributed by atoms with van der Waals surface area (Å²) in [5, 5.41) is 11.1. The molecule has 2 aromatic rings. The van der Waals surface area contributed by atoms with Crippen LogP contribution in [0.1, 0.15) is 36.9 Å². The third-order valence-corrected chi connectivity index (χ3v) is 5.38. The smallest absolute Gasteiger partial charge is 0.295 e. The Labute approximate surface area is 181 Å². The monoisotopic (exact) mass is 425 g/mol. The summed E-state index contributed by atoms with van der Waals surface area (Å²) in [5.74, 6) is -0.0944. The lowest BCUT2D eigenvalue weighted by molar-refractivity contribution is -0.139. The highest BCUT2D eigenvalue weighted by Gasteiger charge is 2.47. The van der Waals surface area contributed by atoms with Gasteiger partial charge in [-0.3, -0.25) is 9.59 Å². The van der Waals surface area contributed by atoms with Gasteiger partial charge in [0.05, 0.1) is 32.9 Å². The van der Waals surface area contributed by atoms with Gasteiger partial charge in [0.1, 0.15) is 11.5 Å². The van der Waals surface area contributed by atoms with Crippen LogP contribution in [0.4, 0.5) is 0 Å². The van der Waals surface area contributed by atoms with E-state index in [1.807, 2.05) is 6.92 Å². The van der Waals surface area contributed by atoms with Crippen LogP contribution in [0, 0.1) is 0 Å². The molecule has 1 fully saturated rings. The van der Waals surface area contributed by atoms with E-state index in [0.29, 0.717) is 34.9 Å². The maximum absolute atomic E-state index is 13.0. The Morgan fingerprint density at radius 3 is 2.29 bits per heavy atom. The number of benzene rings is 2. The summed E-state index contributed by atoms with van der Waals surface area (Å²) in [5.41, 5.74) is 1.02. The molecule has 1 amide bonds. The van der Waals surface area contributed by atoms with Crippen molar-refractivity contribution in [3.05, 3.63) is 59.2 Å². The van der Waals surface area contributed by atoms with Crippen LogP contribution in [0.2, 0.25) is 0 Å². The van der Waals surface area contributed by atoms with Crippen LogP contribution in [0.25, 0.3) is 5.76 Å². The fourth-order valence-electron chi connectivity index (χ4n) is 3.79. The van der Waals surface area contributed by atoms with Crippen molar-refractivity contribution < 1.29 is 28.9 Å². The summed E-state index contributed by atoms with van der Waals surface area (Å²) in [6.45, 7) is 2.39. The number of hydrogen-bond donors (Lipinski definition) is 1. The van der Waals surface area contributed by atoms with Crippen molar-refractivity contribution in [2.45, 2.75) is 25.8 Å². The fraction of sp³-hybridized carbons (Fsp3) is 0.333. The van der Waals surface area contributed by atoms with E-state index in [-0.39, 0.29) is 11.3 Å². The van der Waals surface area contributed by atoms with Gasteiger partial charge in [0.15, 0.2) is 11.5 Å². The first-order valence-corrected chi connectivity index (χ1v) is 10.1. The molecular weight excluding hydrogens is 398 g/mol. The molecular formula is C24H27NO6. The quantitative estimate of drug-likeness (QED) is 0.392. The standard InChI is InChI=1S/C24H27NO6/c1-5-6-14-25-20(17-8-7-9-18(30-3)23(17)31-4)19(22(27)24(25)28)21(26)15-10-12-16(29-2)13-11-15/h7-13,20,26H,5-6,14H2,1-4H3/b21-19+. The summed E-state index contributed by atoms with van der Waals surface area (Å²) in [7, 11) is 4.57. The van der Waals surface area contributed by atoms with Crippen molar-refractivity contribution in [2.24, 2.45) is 0 Å². The summed E-state index contributed by atoms with van der Waals surface area (Å²) in [4.78, 5) is 27.5. The Bertz CT molecular complexity index is 996. The van der Waals surface area contributed by atoms with Crippen molar-refractivity contribution >= 4 is 17.4 Å². The van der Waals surface area contributed by atoms with Crippen LogP contribution in [0.5, 0.6) is 17.2 Å². The van der Waals surface area contributed by atoms with Crippen molar-refractivity contribution in [1.29, 1.82) is 0 Å². The maximum Gasteiger partial charge on any atom is 0.295 e. The van der Waals surface area contributed by atoms with Crippen molar-refractivity contribution in [3.63, 3.8) is 0 Å². The number of methoxy groups -OCH3 is 3. The van der Waals surface area contributed by atoms with Crippen molar-refractivity contribution in [1.82, 2.24) is 4.90 Å². The number of amides is 1. The number of Topliss-reactive ketones (excluding diaryl/α,β-unsaturated/α-hetero) is 1. The predicted octanol–water partition coefficient (Wildman–Crippen LogP) is 3.93. The molecule has 31 heavy (non-hydrogen) atoms. The highest BCUT2D eigenvalue weighted by molar-refractivity contribution is 6.46.